The molecule has 0 aromatic heterocycles. The van der Waals surface area contributed by atoms with Crippen molar-refractivity contribution in [3.8, 4) is 5.75 Å². The summed E-state index contributed by atoms with van der Waals surface area (Å²) in [5, 5.41) is 4.36. The molecule has 7 heteroatoms. The molecule has 0 radical (unpaired) electrons. The van der Waals surface area contributed by atoms with Crippen molar-refractivity contribution in [3.05, 3.63) is 78.4 Å². The monoisotopic (exact) mass is 417 g/mol. The number of rotatable bonds is 8. The molecule has 0 amide bonds. The van der Waals surface area contributed by atoms with Crippen molar-refractivity contribution in [2.24, 2.45) is 0 Å². The van der Waals surface area contributed by atoms with Crippen molar-refractivity contribution in [3.63, 3.8) is 0 Å². The van der Waals surface area contributed by atoms with Crippen LogP contribution in [0.25, 0.3) is 10.8 Å². The van der Waals surface area contributed by atoms with E-state index in [0.717, 1.165) is 10.8 Å². The summed E-state index contributed by atoms with van der Waals surface area (Å²) in [6.45, 7) is -1.74. The highest BCUT2D eigenvalue weighted by atomic mass is 35.7. The lowest BCUT2D eigenvalue weighted by atomic mass is 10.1. The molecule has 0 aliphatic carbocycles. The molecule has 5 nitrogen and oxygen atoms in total. The van der Waals surface area contributed by atoms with Gasteiger partial charge in [-0.1, -0.05) is 73.7 Å². The van der Waals surface area contributed by atoms with Gasteiger partial charge in [-0.15, -0.1) is 0 Å². The first-order valence-corrected chi connectivity index (χ1v) is 11.5. The molecule has 0 fully saturated rings. The topological polar surface area (TPSA) is 64.6 Å². The van der Waals surface area contributed by atoms with E-state index in [4.69, 9.17) is 20.5 Å². The summed E-state index contributed by atoms with van der Waals surface area (Å²) in [5.41, 5.74) is 0.589. The summed E-state index contributed by atoms with van der Waals surface area (Å²) < 4.78 is 23.9. The molecular formula is C21H21ClNO4P. The fraction of sp³-hybridized carbons (Fsp3) is 0.190. The maximum Gasteiger partial charge on any atom is 0.410 e. The number of esters is 1. The predicted molar refractivity (Wildman–Crippen MR) is 112 cm³/mol. The fourth-order valence-electron chi connectivity index (χ4n) is 2.78. The van der Waals surface area contributed by atoms with E-state index in [1.807, 2.05) is 43.3 Å². The Hall–Kier alpha value is -2.33. The van der Waals surface area contributed by atoms with Crippen LogP contribution >= 0.6 is 18.1 Å². The first-order valence-electron chi connectivity index (χ1n) is 8.96. The van der Waals surface area contributed by atoms with E-state index in [1.165, 1.54) is 0 Å². The summed E-state index contributed by atoms with van der Waals surface area (Å²) in [4.78, 5) is 12.5. The zero-order valence-corrected chi connectivity index (χ0v) is 17.0. The van der Waals surface area contributed by atoms with Gasteiger partial charge in [0.2, 0.25) is 0 Å². The molecule has 0 saturated carbocycles. The Morgan fingerprint density at radius 2 is 1.71 bits per heavy atom. The largest absolute Gasteiger partial charge is 0.464 e. The van der Waals surface area contributed by atoms with E-state index in [-0.39, 0.29) is 6.61 Å². The third kappa shape index (κ3) is 5.14. The second-order valence-corrected chi connectivity index (χ2v) is 8.92. The van der Waals surface area contributed by atoms with Crippen molar-refractivity contribution < 1.29 is 18.6 Å². The lowest BCUT2D eigenvalue weighted by molar-refractivity contribution is -0.145. The van der Waals surface area contributed by atoms with Crippen molar-refractivity contribution >= 4 is 34.9 Å². The Labute approximate surface area is 168 Å². The normalized spacial score (nSPS) is 14.2. The molecule has 0 aliphatic heterocycles. The second-order valence-electron chi connectivity index (χ2n) is 6.19. The lowest BCUT2D eigenvalue weighted by Gasteiger charge is -2.22. The highest BCUT2D eigenvalue weighted by molar-refractivity contribution is 7.84. The smallest absolute Gasteiger partial charge is 0.410 e. The van der Waals surface area contributed by atoms with E-state index in [9.17, 15) is 9.36 Å². The van der Waals surface area contributed by atoms with E-state index >= 15 is 0 Å². The Bertz CT molecular complexity index is 991. The Balaban J connectivity index is 1.86. The van der Waals surface area contributed by atoms with Gasteiger partial charge in [-0.25, -0.2) is 14.4 Å². The molecule has 1 unspecified atom stereocenters. The molecule has 0 spiro atoms. The van der Waals surface area contributed by atoms with Gasteiger partial charge in [-0.05, 0) is 23.4 Å². The van der Waals surface area contributed by atoms with Gasteiger partial charge in [0.05, 0.1) is 6.61 Å². The molecule has 2 atom stereocenters. The summed E-state index contributed by atoms with van der Waals surface area (Å²) >= 11 is 6.21. The molecule has 0 bridgehead atoms. The molecule has 3 aromatic carbocycles. The summed E-state index contributed by atoms with van der Waals surface area (Å²) in [6.07, 6.45) is 0.679. The molecule has 0 aliphatic rings. The number of carbonyl (C=O) groups is 1. The Morgan fingerprint density at radius 1 is 1.04 bits per heavy atom. The molecular weight excluding hydrogens is 397 g/mol. The molecule has 0 saturated heterocycles. The van der Waals surface area contributed by atoms with Crippen molar-refractivity contribution in [1.29, 1.82) is 0 Å². The number of nitrogens with one attached hydrogen (secondary N) is 1. The number of halogens is 1. The highest BCUT2D eigenvalue weighted by Gasteiger charge is 2.32. The summed E-state index contributed by atoms with van der Waals surface area (Å²) in [7, 11) is 0. The standard InChI is InChI=1S/C21H21ClNO4P/c1-2-15-26-21(24)20(17-10-4-3-5-11-17)23-28(22,25)27-19-14-8-12-16-9-6-7-13-18(16)19/h3-14,20H,2,15H2,1H3,(H,23,25)/t20-,28?/m1/s1. The van der Waals surface area contributed by atoms with Crippen LogP contribution in [0.15, 0.2) is 72.8 Å². The van der Waals surface area contributed by atoms with Crippen LogP contribution in [0.5, 0.6) is 5.75 Å². The van der Waals surface area contributed by atoms with Crippen LogP contribution in [0.3, 0.4) is 0 Å². The van der Waals surface area contributed by atoms with Crippen LogP contribution < -0.4 is 9.61 Å². The Morgan fingerprint density at radius 3 is 2.46 bits per heavy atom. The third-order valence-electron chi connectivity index (χ3n) is 4.07. The molecule has 146 valence electrons. The minimum Gasteiger partial charge on any atom is -0.464 e. The van der Waals surface area contributed by atoms with E-state index in [0.29, 0.717) is 17.7 Å². The van der Waals surface area contributed by atoms with Gasteiger partial charge in [-0.3, -0.25) is 0 Å². The van der Waals surface area contributed by atoms with E-state index in [2.05, 4.69) is 5.09 Å². The van der Waals surface area contributed by atoms with Gasteiger partial charge in [0.1, 0.15) is 11.8 Å². The van der Waals surface area contributed by atoms with Crippen LogP contribution in [-0.2, 0) is 14.1 Å². The predicted octanol–water partition coefficient (Wildman–Crippen LogP) is 5.85. The minimum absolute atomic E-state index is 0.264. The molecule has 0 heterocycles. The van der Waals surface area contributed by atoms with Crippen LogP contribution in [0.2, 0.25) is 0 Å². The fourth-order valence-corrected chi connectivity index (χ4v) is 4.32. The van der Waals surface area contributed by atoms with Crippen molar-refractivity contribution in [2.75, 3.05) is 6.61 Å². The average molecular weight is 418 g/mol. The minimum atomic E-state index is -3.90. The maximum absolute atomic E-state index is 13.0. The first kappa shape index (κ1) is 20.4. The maximum atomic E-state index is 13.0. The number of hydrogen-bond donors (Lipinski definition) is 1. The van der Waals surface area contributed by atoms with Gasteiger partial charge in [0.25, 0.3) is 0 Å². The number of carbonyl (C=O) groups excluding carboxylic acids is 1. The van der Waals surface area contributed by atoms with Crippen LogP contribution in [-0.4, -0.2) is 12.6 Å². The van der Waals surface area contributed by atoms with Gasteiger partial charge < -0.3 is 9.26 Å². The quantitative estimate of drug-likeness (QED) is 0.368. The van der Waals surface area contributed by atoms with Gasteiger partial charge in [0, 0.05) is 16.6 Å². The lowest BCUT2D eigenvalue weighted by Crippen LogP contribution is -2.28. The molecule has 3 aromatic rings. The molecule has 28 heavy (non-hydrogen) atoms. The highest BCUT2D eigenvalue weighted by Crippen LogP contribution is 2.51. The SMILES string of the molecule is CCCOC(=O)[C@H](NP(=O)(Cl)Oc1cccc2ccccc12)c1ccccc1. The van der Waals surface area contributed by atoms with E-state index in [1.54, 1.807) is 36.4 Å². The van der Waals surface area contributed by atoms with Crippen LogP contribution in [0.1, 0.15) is 24.9 Å². The van der Waals surface area contributed by atoms with Gasteiger partial charge in [-0.2, -0.15) is 0 Å². The third-order valence-corrected chi connectivity index (χ3v) is 5.56. The van der Waals surface area contributed by atoms with Crippen molar-refractivity contribution in [1.82, 2.24) is 5.09 Å². The Kier molecular flexibility index (Phi) is 6.74. The number of hydrogen-bond acceptors (Lipinski definition) is 4. The first-order chi connectivity index (χ1) is 13.5. The van der Waals surface area contributed by atoms with Gasteiger partial charge >= 0.3 is 12.8 Å². The van der Waals surface area contributed by atoms with Crippen LogP contribution in [0, 0.1) is 0 Å². The zero-order chi connectivity index (χ0) is 20.0. The summed E-state index contributed by atoms with van der Waals surface area (Å²) in [6, 6.07) is 20.8. The second kappa shape index (κ2) is 9.24. The van der Waals surface area contributed by atoms with Crippen molar-refractivity contribution in [2.45, 2.75) is 19.4 Å². The average Bonchev–Trinajstić information content (AvgIpc) is 2.71. The zero-order valence-electron chi connectivity index (χ0n) is 15.4. The van der Waals surface area contributed by atoms with Gasteiger partial charge in [0.15, 0.2) is 0 Å². The summed E-state index contributed by atoms with van der Waals surface area (Å²) in [5.74, 6) is -0.187. The number of benzene rings is 3. The molecule has 1 N–H and O–H groups in total. The van der Waals surface area contributed by atoms with Crippen LogP contribution in [0.4, 0.5) is 0 Å². The number of fused-ring (bicyclic) bond motifs is 1. The number of ether oxygens (including phenoxy) is 1. The molecule has 3 rings (SSSR count). The van der Waals surface area contributed by atoms with E-state index < -0.39 is 18.9 Å².